The highest BCUT2D eigenvalue weighted by atomic mass is 15.1. The molecule has 9 rings (SSSR count). The molecule has 0 fully saturated rings. The molecule has 1 heteroatoms. The number of anilines is 3. The third kappa shape index (κ3) is 4.47. The molecule has 1 nitrogen and oxygen atoms in total. The summed E-state index contributed by atoms with van der Waals surface area (Å²) >= 11 is 0. The van der Waals surface area contributed by atoms with Crippen molar-refractivity contribution in [1.29, 1.82) is 0 Å². The Bertz CT molecular complexity index is 2450. The fourth-order valence-corrected chi connectivity index (χ4v) is 7.87. The minimum Gasteiger partial charge on any atom is -0.310 e. The van der Waals surface area contributed by atoms with Gasteiger partial charge in [0.2, 0.25) is 0 Å². The van der Waals surface area contributed by atoms with Gasteiger partial charge in [-0.15, -0.1) is 0 Å². The van der Waals surface area contributed by atoms with Gasteiger partial charge in [-0.25, -0.2) is 0 Å². The quantitative estimate of drug-likeness (QED) is 0.187. The Morgan fingerprint density at radius 3 is 1.81 bits per heavy atom. The van der Waals surface area contributed by atoms with Crippen LogP contribution in [0.2, 0.25) is 0 Å². The number of rotatable bonds is 5. The van der Waals surface area contributed by atoms with E-state index in [-0.39, 0.29) is 5.41 Å². The summed E-state index contributed by atoms with van der Waals surface area (Å²) in [6, 6.07) is 64.3. The molecule has 8 aromatic carbocycles. The predicted molar refractivity (Wildman–Crippen MR) is 205 cm³/mol. The minimum absolute atomic E-state index is 0.200. The second-order valence-electron chi connectivity index (χ2n) is 13.4. The normalized spacial score (nSPS) is 13.0. The van der Waals surface area contributed by atoms with E-state index in [0.717, 1.165) is 17.1 Å². The zero-order valence-corrected chi connectivity index (χ0v) is 27.2. The molecule has 0 amide bonds. The van der Waals surface area contributed by atoms with Gasteiger partial charge in [0.25, 0.3) is 0 Å². The molecule has 0 unspecified atom stereocenters. The number of benzene rings is 8. The summed E-state index contributed by atoms with van der Waals surface area (Å²) in [7, 11) is 0. The fraction of sp³-hybridized carbons (Fsp3) is 0.0638. The smallest absolute Gasteiger partial charge is 0.0465 e. The molecule has 0 aliphatic heterocycles. The number of para-hydroxylation sites is 1. The maximum Gasteiger partial charge on any atom is 0.0465 e. The molecule has 1 aliphatic rings. The van der Waals surface area contributed by atoms with E-state index < -0.39 is 0 Å². The van der Waals surface area contributed by atoms with Crippen molar-refractivity contribution in [3.63, 3.8) is 0 Å². The highest BCUT2D eigenvalue weighted by molar-refractivity contribution is 6.12. The second-order valence-corrected chi connectivity index (χ2v) is 13.4. The minimum atomic E-state index is -0.200. The van der Waals surface area contributed by atoms with Crippen LogP contribution in [0.3, 0.4) is 0 Å². The van der Waals surface area contributed by atoms with Gasteiger partial charge in [-0.05, 0) is 102 Å². The van der Waals surface area contributed by atoms with Crippen molar-refractivity contribution >= 4 is 38.6 Å². The van der Waals surface area contributed by atoms with Crippen molar-refractivity contribution in [2.45, 2.75) is 19.3 Å². The first kappa shape index (κ1) is 28.3. The molecule has 0 N–H and O–H groups in total. The molecule has 0 saturated heterocycles. The molecule has 0 bridgehead atoms. The van der Waals surface area contributed by atoms with E-state index in [4.69, 9.17) is 0 Å². The molecule has 0 saturated carbocycles. The zero-order chi connectivity index (χ0) is 32.2. The lowest BCUT2D eigenvalue weighted by Crippen LogP contribution is -2.24. The number of fused-ring (bicyclic) bond motifs is 3. The van der Waals surface area contributed by atoms with Crippen LogP contribution in [-0.4, -0.2) is 0 Å². The third-order valence-electron chi connectivity index (χ3n) is 10.2. The molecular formula is C47H35N. The Labute approximate surface area is 282 Å². The van der Waals surface area contributed by atoms with E-state index in [2.05, 4.69) is 195 Å². The van der Waals surface area contributed by atoms with Crippen LogP contribution in [0.1, 0.15) is 25.0 Å². The summed E-state index contributed by atoms with van der Waals surface area (Å²) in [5, 5.41) is 5.20. The molecule has 1 aliphatic carbocycles. The van der Waals surface area contributed by atoms with Crippen molar-refractivity contribution in [2.75, 3.05) is 4.90 Å². The monoisotopic (exact) mass is 613 g/mol. The maximum atomic E-state index is 2.44. The fourth-order valence-electron chi connectivity index (χ4n) is 7.87. The van der Waals surface area contributed by atoms with Gasteiger partial charge in [-0.2, -0.15) is 0 Å². The van der Waals surface area contributed by atoms with E-state index in [1.807, 2.05) is 0 Å². The Morgan fingerprint density at radius 2 is 1.00 bits per heavy atom. The summed E-state index contributed by atoms with van der Waals surface area (Å²) in [6.45, 7) is 4.78. The van der Waals surface area contributed by atoms with Gasteiger partial charge in [0.1, 0.15) is 0 Å². The summed E-state index contributed by atoms with van der Waals surface area (Å²) in [4.78, 5) is 2.39. The van der Waals surface area contributed by atoms with E-state index in [9.17, 15) is 0 Å². The Balaban J connectivity index is 1.26. The molecule has 0 aromatic heterocycles. The molecule has 48 heavy (non-hydrogen) atoms. The Hall–Kier alpha value is -5.92. The maximum absolute atomic E-state index is 2.44. The van der Waals surface area contributed by atoms with Crippen LogP contribution in [0.4, 0.5) is 17.1 Å². The van der Waals surface area contributed by atoms with Gasteiger partial charge >= 0.3 is 0 Å². The van der Waals surface area contributed by atoms with Crippen LogP contribution in [-0.2, 0) is 5.41 Å². The van der Waals surface area contributed by atoms with Crippen LogP contribution >= 0.6 is 0 Å². The van der Waals surface area contributed by atoms with Gasteiger partial charge in [-0.1, -0.05) is 153 Å². The van der Waals surface area contributed by atoms with Gasteiger partial charge in [0.05, 0.1) is 0 Å². The van der Waals surface area contributed by atoms with Crippen molar-refractivity contribution in [3.8, 4) is 33.4 Å². The van der Waals surface area contributed by atoms with Crippen molar-refractivity contribution < 1.29 is 0 Å². The third-order valence-corrected chi connectivity index (χ3v) is 10.2. The van der Waals surface area contributed by atoms with Crippen LogP contribution < -0.4 is 4.90 Å². The van der Waals surface area contributed by atoms with Crippen LogP contribution in [0, 0.1) is 0 Å². The average Bonchev–Trinajstić information content (AvgIpc) is 3.15. The SMILES string of the molecule is CC1(C)c2cc(N(c3ccccc3)c3ccc(-c4ccccc4)cc3)ccc2-c2c(-c3cccc4ccccc34)ccc3cccc1c23. The van der Waals surface area contributed by atoms with Gasteiger partial charge < -0.3 is 4.90 Å². The second kappa shape index (κ2) is 11.1. The number of hydrogen-bond donors (Lipinski definition) is 0. The summed E-state index contributed by atoms with van der Waals surface area (Å²) in [5.74, 6) is 0. The lowest BCUT2D eigenvalue weighted by molar-refractivity contribution is 0.645. The Morgan fingerprint density at radius 1 is 0.396 bits per heavy atom. The lowest BCUT2D eigenvalue weighted by atomic mass is 9.67. The average molecular weight is 614 g/mol. The van der Waals surface area contributed by atoms with E-state index in [0.29, 0.717) is 0 Å². The van der Waals surface area contributed by atoms with Crippen LogP contribution in [0.15, 0.2) is 176 Å². The first-order valence-electron chi connectivity index (χ1n) is 16.8. The van der Waals surface area contributed by atoms with Crippen molar-refractivity contribution in [3.05, 3.63) is 187 Å². The number of hydrogen-bond acceptors (Lipinski definition) is 1. The summed E-state index contributed by atoms with van der Waals surface area (Å²) in [6.07, 6.45) is 0. The molecule has 0 radical (unpaired) electrons. The molecule has 0 spiro atoms. The number of nitrogens with zero attached hydrogens (tertiary/aromatic N) is 1. The van der Waals surface area contributed by atoms with E-state index in [1.165, 1.54) is 66.1 Å². The molecule has 0 heterocycles. The first-order valence-corrected chi connectivity index (χ1v) is 16.8. The zero-order valence-electron chi connectivity index (χ0n) is 27.2. The van der Waals surface area contributed by atoms with Crippen LogP contribution in [0.5, 0.6) is 0 Å². The largest absolute Gasteiger partial charge is 0.310 e. The van der Waals surface area contributed by atoms with Gasteiger partial charge in [0, 0.05) is 22.5 Å². The highest BCUT2D eigenvalue weighted by Gasteiger charge is 2.35. The van der Waals surface area contributed by atoms with E-state index >= 15 is 0 Å². The molecule has 8 aromatic rings. The van der Waals surface area contributed by atoms with Gasteiger partial charge in [-0.3, -0.25) is 0 Å². The first-order chi connectivity index (χ1) is 23.6. The summed E-state index contributed by atoms with van der Waals surface area (Å²) < 4.78 is 0. The van der Waals surface area contributed by atoms with Crippen LogP contribution in [0.25, 0.3) is 54.9 Å². The summed E-state index contributed by atoms with van der Waals surface area (Å²) in [5.41, 5.74) is 13.6. The standard InChI is InChI=1S/C47H35N/c1-47(2)43-22-12-17-35-25-29-41(40-21-11-16-34-15-9-10-20-39(34)40)46(45(35)43)42-30-28-38(31-44(42)47)48(36-18-7-4-8-19-36)37-26-23-33(24-27-37)32-13-5-3-6-14-32/h3-31H,1-2H3. The Kier molecular flexibility index (Phi) is 6.55. The van der Waals surface area contributed by atoms with Crippen molar-refractivity contribution in [2.24, 2.45) is 0 Å². The van der Waals surface area contributed by atoms with E-state index in [1.54, 1.807) is 0 Å². The lowest BCUT2D eigenvalue weighted by Gasteiger charge is -2.37. The predicted octanol–water partition coefficient (Wildman–Crippen LogP) is 13.1. The molecule has 0 atom stereocenters. The molecular weight excluding hydrogens is 579 g/mol. The topological polar surface area (TPSA) is 3.24 Å². The highest BCUT2D eigenvalue weighted by Crippen LogP contribution is 2.53. The van der Waals surface area contributed by atoms with Gasteiger partial charge in [0.15, 0.2) is 0 Å². The molecule has 228 valence electrons. The van der Waals surface area contributed by atoms with Crippen molar-refractivity contribution in [1.82, 2.24) is 0 Å².